The first-order valence-electron chi connectivity index (χ1n) is 5.08. The average molecular weight is 213 g/mol. The molecule has 0 aliphatic heterocycles. The van der Waals surface area contributed by atoms with Crippen LogP contribution in [0.1, 0.15) is 25.1 Å². The zero-order valence-electron chi connectivity index (χ0n) is 8.92. The number of hydrogen-bond donors (Lipinski definition) is 2. The largest absolute Gasteiger partial charge is 0.394 e. The van der Waals surface area contributed by atoms with Gasteiger partial charge in [-0.2, -0.15) is 0 Å². The maximum atomic E-state index is 9.18. The average Bonchev–Trinajstić information content (AvgIpc) is 2.70. The Morgan fingerprint density at radius 1 is 1.57 bits per heavy atom. The predicted molar refractivity (Wildman–Crippen MR) is 61.8 cm³/mol. The summed E-state index contributed by atoms with van der Waals surface area (Å²) in [6.07, 6.45) is 2.00. The van der Waals surface area contributed by atoms with Gasteiger partial charge < -0.3 is 10.4 Å². The molecule has 3 heteroatoms. The van der Waals surface area contributed by atoms with Gasteiger partial charge in [0, 0.05) is 17.0 Å². The molecule has 0 fully saturated rings. The Bertz CT molecular complexity index is 242. The van der Waals surface area contributed by atoms with E-state index < -0.39 is 0 Å². The van der Waals surface area contributed by atoms with Gasteiger partial charge in [-0.25, -0.2) is 0 Å². The standard InChI is InChI=1S/C11H19NOS/c1-3-11(2,9-13)12-7-6-10-5-4-8-14-10/h4-5,8,12-13H,3,6-7,9H2,1-2H3. The van der Waals surface area contributed by atoms with Gasteiger partial charge in [0.2, 0.25) is 0 Å². The van der Waals surface area contributed by atoms with Gasteiger partial charge in [-0.05, 0) is 31.2 Å². The zero-order valence-corrected chi connectivity index (χ0v) is 9.73. The Morgan fingerprint density at radius 2 is 2.36 bits per heavy atom. The minimum atomic E-state index is -0.114. The lowest BCUT2D eigenvalue weighted by molar-refractivity contribution is 0.171. The van der Waals surface area contributed by atoms with Crippen molar-refractivity contribution in [3.05, 3.63) is 22.4 Å². The van der Waals surface area contributed by atoms with Crippen molar-refractivity contribution in [1.82, 2.24) is 5.32 Å². The number of hydrogen-bond acceptors (Lipinski definition) is 3. The van der Waals surface area contributed by atoms with E-state index in [0.717, 1.165) is 19.4 Å². The number of thiophene rings is 1. The fourth-order valence-electron chi connectivity index (χ4n) is 1.24. The van der Waals surface area contributed by atoms with E-state index in [1.54, 1.807) is 11.3 Å². The SMILES string of the molecule is CCC(C)(CO)NCCc1cccs1. The summed E-state index contributed by atoms with van der Waals surface area (Å²) in [4.78, 5) is 1.40. The van der Waals surface area contributed by atoms with Gasteiger partial charge in [0.15, 0.2) is 0 Å². The highest BCUT2D eigenvalue weighted by Crippen LogP contribution is 2.11. The Hall–Kier alpha value is -0.380. The molecule has 2 nitrogen and oxygen atoms in total. The van der Waals surface area contributed by atoms with Crippen LogP contribution in [-0.4, -0.2) is 23.8 Å². The molecule has 1 atom stereocenters. The summed E-state index contributed by atoms with van der Waals surface area (Å²) in [7, 11) is 0. The third-order valence-corrected chi connectivity index (χ3v) is 3.57. The van der Waals surface area contributed by atoms with Gasteiger partial charge in [-0.3, -0.25) is 0 Å². The molecule has 1 unspecified atom stereocenters. The zero-order chi connectivity index (χ0) is 10.4. The molecular formula is C11H19NOS. The molecule has 0 saturated heterocycles. The number of aliphatic hydroxyl groups is 1. The van der Waals surface area contributed by atoms with Crippen LogP contribution in [0, 0.1) is 0 Å². The molecular weight excluding hydrogens is 194 g/mol. The van der Waals surface area contributed by atoms with Crippen molar-refractivity contribution in [1.29, 1.82) is 0 Å². The van der Waals surface area contributed by atoms with Crippen LogP contribution in [-0.2, 0) is 6.42 Å². The highest BCUT2D eigenvalue weighted by Gasteiger charge is 2.18. The summed E-state index contributed by atoms with van der Waals surface area (Å²) < 4.78 is 0. The normalized spacial score (nSPS) is 15.4. The first-order chi connectivity index (χ1) is 6.70. The van der Waals surface area contributed by atoms with Crippen LogP contribution in [0.15, 0.2) is 17.5 Å². The van der Waals surface area contributed by atoms with Crippen LogP contribution >= 0.6 is 11.3 Å². The minimum Gasteiger partial charge on any atom is -0.394 e. The summed E-state index contributed by atoms with van der Waals surface area (Å²) in [5, 5.41) is 14.7. The van der Waals surface area contributed by atoms with Gasteiger partial charge in [-0.1, -0.05) is 13.0 Å². The smallest absolute Gasteiger partial charge is 0.0610 e. The van der Waals surface area contributed by atoms with Crippen molar-refractivity contribution in [2.45, 2.75) is 32.2 Å². The predicted octanol–water partition coefficient (Wildman–Crippen LogP) is 2.04. The molecule has 0 amide bonds. The van der Waals surface area contributed by atoms with Crippen LogP contribution in [0.3, 0.4) is 0 Å². The van der Waals surface area contributed by atoms with Gasteiger partial charge >= 0.3 is 0 Å². The highest BCUT2D eigenvalue weighted by atomic mass is 32.1. The van der Waals surface area contributed by atoms with Crippen molar-refractivity contribution < 1.29 is 5.11 Å². The first-order valence-corrected chi connectivity index (χ1v) is 5.96. The van der Waals surface area contributed by atoms with Crippen molar-refractivity contribution in [2.75, 3.05) is 13.2 Å². The molecule has 0 radical (unpaired) electrons. The van der Waals surface area contributed by atoms with Crippen LogP contribution in [0.4, 0.5) is 0 Å². The third-order valence-electron chi connectivity index (χ3n) is 2.63. The van der Waals surface area contributed by atoms with E-state index in [-0.39, 0.29) is 12.1 Å². The molecule has 0 aliphatic carbocycles. The minimum absolute atomic E-state index is 0.114. The van der Waals surface area contributed by atoms with Crippen LogP contribution in [0.2, 0.25) is 0 Å². The highest BCUT2D eigenvalue weighted by molar-refractivity contribution is 7.09. The maximum absolute atomic E-state index is 9.18. The molecule has 80 valence electrons. The Kier molecular flexibility index (Phi) is 4.58. The molecule has 0 aromatic carbocycles. The molecule has 1 aromatic rings. The van der Waals surface area contributed by atoms with E-state index in [1.165, 1.54) is 4.88 Å². The van der Waals surface area contributed by atoms with E-state index in [2.05, 4.69) is 36.7 Å². The number of nitrogens with one attached hydrogen (secondary N) is 1. The van der Waals surface area contributed by atoms with Gasteiger partial charge in [0.1, 0.15) is 0 Å². The molecule has 14 heavy (non-hydrogen) atoms. The van der Waals surface area contributed by atoms with Crippen molar-refractivity contribution in [3.63, 3.8) is 0 Å². The second-order valence-electron chi connectivity index (χ2n) is 3.83. The fourth-order valence-corrected chi connectivity index (χ4v) is 1.94. The molecule has 0 bridgehead atoms. The number of aliphatic hydroxyl groups excluding tert-OH is 1. The third kappa shape index (κ3) is 3.40. The Balaban J connectivity index is 2.27. The summed E-state index contributed by atoms with van der Waals surface area (Å²) in [5.74, 6) is 0. The maximum Gasteiger partial charge on any atom is 0.0610 e. The molecule has 1 rings (SSSR count). The lowest BCUT2D eigenvalue weighted by atomic mass is 10.0. The van der Waals surface area contributed by atoms with Crippen molar-refractivity contribution >= 4 is 11.3 Å². The lowest BCUT2D eigenvalue weighted by Crippen LogP contribution is -2.45. The number of rotatable bonds is 6. The quantitative estimate of drug-likeness (QED) is 0.758. The lowest BCUT2D eigenvalue weighted by Gasteiger charge is -2.27. The second-order valence-corrected chi connectivity index (χ2v) is 4.86. The fraction of sp³-hybridized carbons (Fsp3) is 0.636. The van der Waals surface area contributed by atoms with E-state index in [4.69, 9.17) is 0 Å². The monoisotopic (exact) mass is 213 g/mol. The first kappa shape index (κ1) is 11.7. The summed E-state index contributed by atoms with van der Waals surface area (Å²) in [5.41, 5.74) is -0.114. The summed E-state index contributed by atoms with van der Waals surface area (Å²) in [6, 6.07) is 4.22. The van der Waals surface area contributed by atoms with Crippen molar-refractivity contribution in [3.8, 4) is 0 Å². The summed E-state index contributed by atoms with van der Waals surface area (Å²) >= 11 is 1.79. The topological polar surface area (TPSA) is 32.3 Å². The van der Waals surface area contributed by atoms with E-state index >= 15 is 0 Å². The van der Waals surface area contributed by atoms with Gasteiger partial charge in [0.25, 0.3) is 0 Å². The molecule has 1 aromatic heterocycles. The van der Waals surface area contributed by atoms with E-state index in [0.29, 0.717) is 0 Å². The van der Waals surface area contributed by atoms with Crippen molar-refractivity contribution in [2.24, 2.45) is 0 Å². The summed E-state index contributed by atoms with van der Waals surface area (Å²) in [6.45, 7) is 5.29. The van der Waals surface area contributed by atoms with Crippen LogP contribution < -0.4 is 5.32 Å². The molecule has 0 spiro atoms. The van der Waals surface area contributed by atoms with Gasteiger partial charge in [-0.15, -0.1) is 11.3 Å². The van der Waals surface area contributed by atoms with E-state index in [1.807, 2.05) is 0 Å². The van der Waals surface area contributed by atoms with Crippen LogP contribution in [0.25, 0.3) is 0 Å². The van der Waals surface area contributed by atoms with E-state index in [9.17, 15) is 5.11 Å². The Labute approximate surface area is 90.0 Å². The second kappa shape index (κ2) is 5.49. The molecule has 1 heterocycles. The Morgan fingerprint density at radius 3 is 2.86 bits per heavy atom. The van der Waals surface area contributed by atoms with Crippen LogP contribution in [0.5, 0.6) is 0 Å². The molecule has 0 aliphatic rings. The van der Waals surface area contributed by atoms with Gasteiger partial charge in [0.05, 0.1) is 6.61 Å². The molecule has 2 N–H and O–H groups in total. The molecule has 0 saturated carbocycles.